The van der Waals surface area contributed by atoms with E-state index >= 15 is 0 Å². The van der Waals surface area contributed by atoms with Crippen molar-refractivity contribution in [2.45, 2.75) is 44.2 Å². The molecule has 1 aliphatic heterocycles. The number of benzene rings is 1. The van der Waals surface area contributed by atoms with Crippen LogP contribution in [0.4, 0.5) is 0 Å². The van der Waals surface area contributed by atoms with E-state index in [2.05, 4.69) is 4.90 Å². The Bertz CT molecular complexity index is 397. The van der Waals surface area contributed by atoms with E-state index in [4.69, 9.17) is 16.3 Å². The van der Waals surface area contributed by atoms with Gasteiger partial charge in [0, 0.05) is 24.2 Å². The van der Waals surface area contributed by atoms with Crippen molar-refractivity contribution >= 4 is 11.6 Å². The second-order valence-corrected chi connectivity index (χ2v) is 5.83. The van der Waals surface area contributed by atoms with Crippen molar-refractivity contribution in [3.05, 3.63) is 29.3 Å². The Kier molecular flexibility index (Phi) is 3.76. The highest BCUT2D eigenvalue weighted by atomic mass is 35.5. The van der Waals surface area contributed by atoms with Crippen molar-refractivity contribution in [2.75, 3.05) is 13.1 Å². The Morgan fingerprint density at radius 3 is 2.50 bits per heavy atom. The summed E-state index contributed by atoms with van der Waals surface area (Å²) < 4.78 is 6.00. The zero-order valence-electron chi connectivity index (χ0n) is 10.6. The molecule has 2 fully saturated rings. The van der Waals surface area contributed by atoms with Gasteiger partial charge in [-0.15, -0.1) is 0 Å². The average molecular weight is 266 g/mol. The topological polar surface area (TPSA) is 12.5 Å². The Hall–Kier alpha value is -0.730. The van der Waals surface area contributed by atoms with Crippen LogP contribution in [0.5, 0.6) is 5.75 Å². The van der Waals surface area contributed by atoms with Gasteiger partial charge in [0.1, 0.15) is 11.9 Å². The molecule has 1 aromatic carbocycles. The maximum Gasteiger partial charge on any atom is 0.121 e. The number of hydrogen-bond acceptors (Lipinski definition) is 2. The summed E-state index contributed by atoms with van der Waals surface area (Å²) in [6.45, 7) is 2.38. The van der Waals surface area contributed by atoms with Gasteiger partial charge < -0.3 is 9.64 Å². The first-order valence-electron chi connectivity index (χ1n) is 6.97. The maximum absolute atomic E-state index is 6.00. The van der Waals surface area contributed by atoms with Gasteiger partial charge in [-0.2, -0.15) is 0 Å². The molecule has 0 unspecified atom stereocenters. The van der Waals surface area contributed by atoms with Gasteiger partial charge in [0.2, 0.25) is 0 Å². The average Bonchev–Trinajstić information content (AvgIpc) is 2.29. The molecular weight excluding hydrogens is 246 g/mol. The molecule has 0 spiro atoms. The van der Waals surface area contributed by atoms with E-state index in [1.807, 2.05) is 24.3 Å². The van der Waals surface area contributed by atoms with Crippen LogP contribution in [-0.2, 0) is 0 Å². The van der Waals surface area contributed by atoms with E-state index in [-0.39, 0.29) is 0 Å². The summed E-state index contributed by atoms with van der Waals surface area (Å²) in [5, 5.41) is 0.749. The minimum Gasteiger partial charge on any atom is -0.490 e. The molecule has 1 saturated carbocycles. The van der Waals surface area contributed by atoms with Crippen LogP contribution in [0.3, 0.4) is 0 Å². The quantitative estimate of drug-likeness (QED) is 0.826. The van der Waals surface area contributed by atoms with Gasteiger partial charge in [-0.05, 0) is 43.9 Å². The highest BCUT2D eigenvalue weighted by molar-refractivity contribution is 6.30. The van der Waals surface area contributed by atoms with Gasteiger partial charge in [0.05, 0.1) is 0 Å². The molecule has 0 bridgehead atoms. The van der Waals surface area contributed by atoms with E-state index in [1.54, 1.807) is 0 Å². The second-order valence-electron chi connectivity index (χ2n) is 5.40. The molecule has 0 aromatic heterocycles. The van der Waals surface area contributed by atoms with Crippen LogP contribution in [0, 0.1) is 0 Å². The molecule has 2 nitrogen and oxygen atoms in total. The number of likely N-dealkylation sites (tertiary alicyclic amines) is 1. The molecule has 1 aliphatic carbocycles. The molecule has 0 N–H and O–H groups in total. The molecule has 0 atom stereocenters. The first kappa shape index (κ1) is 12.3. The van der Waals surface area contributed by atoms with E-state index in [9.17, 15) is 0 Å². The van der Waals surface area contributed by atoms with Gasteiger partial charge >= 0.3 is 0 Å². The molecule has 0 radical (unpaired) electrons. The lowest BCUT2D eigenvalue weighted by molar-refractivity contribution is 0.0493. The van der Waals surface area contributed by atoms with Gasteiger partial charge in [0.15, 0.2) is 0 Å². The molecular formula is C15H20ClNO. The zero-order valence-corrected chi connectivity index (χ0v) is 11.4. The molecule has 18 heavy (non-hydrogen) atoms. The molecule has 0 amide bonds. The lowest BCUT2D eigenvalue weighted by atomic mass is 9.90. The Balaban J connectivity index is 1.50. The minimum absolute atomic E-state index is 0.361. The van der Waals surface area contributed by atoms with Crippen LogP contribution < -0.4 is 4.74 Å². The molecule has 1 aromatic rings. The van der Waals surface area contributed by atoms with Gasteiger partial charge in [-0.3, -0.25) is 0 Å². The molecule has 2 aliphatic rings. The molecule has 1 saturated heterocycles. The number of nitrogens with zero attached hydrogens (tertiary/aromatic N) is 1. The molecule has 98 valence electrons. The minimum atomic E-state index is 0.361. The largest absolute Gasteiger partial charge is 0.490 e. The van der Waals surface area contributed by atoms with Crippen LogP contribution >= 0.6 is 11.6 Å². The fraction of sp³-hybridized carbons (Fsp3) is 0.600. The van der Waals surface area contributed by atoms with Crippen molar-refractivity contribution in [1.29, 1.82) is 0 Å². The van der Waals surface area contributed by atoms with Gasteiger partial charge in [-0.25, -0.2) is 0 Å². The number of piperidine rings is 1. The molecule has 1 heterocycles. The summed E-state index contributed by atoms with van der Waals surface area (Å²) >= 11 is 5.97. The van der Waals surface area contributed by atoms with E-state index in [1.165, 1.54) is 32.4 Å². The van der Waals surface area contributed by atoms with Crippen molar-refractivity contribution in [1.82, 2.24) is 4.90 Å². The van der Waals surface area contributed by atoms with Crippen molar-refractivity contribution in [2.24, 2.45) is 0 Å². The monoisotopic (exact) mass is 265 g/mol. The standard InChI is InChI=1S/C15H20ClNO/c16-12-3-1-6-15(11-12)18-14-7-9-17(10-8-14)13-4-2-5-13/h1,3,6,11,13-14H,2,4-5,7-10H2. The summed E-state index contributed by atoms with van der Waals surface area (Å²) in [6, 6.07) is 8.59. The summed E-state index contributed by atoms with van der Waals surface area (Å²) in [5.74, 6) is 0.907. The van der Waals surface area contributed by atoms with Crippen LogP contribution in [-0.4, -0.2) is 30.1 Å². The predicted molar refractivity (Wildman–Crippen MR) is 74.3 cm³/mol. The Labute approximate surface area is 114 Å². The van der Waals surface area contributed by atoms with Crippen LogP contribution in [0.25, 0.3) is 0 Å². The van der Waals surface area contributed by atoms with Crippen LogP contribution in [0.1, 0.15) is 32.1 Å². The third-order valence-electron chi connectivity index (χ3n) is 4.17. The third-order valence-corrected chi connectivity index (χ3v) is 4.40. The first-order chi connectivity index (χ1) is 8.81. The van der Waals surface area contributed by atoms with E-state index < -0.39 is 0 Å². The normalized spacial score (nSPS) is 22.7. The zero-order chi connectivity index (χ0) is 12.4. The van der Waals surface area contributed by atoms with E-state index in [0.29, 0.717) is 6.10 Å². The lowest BCUT2D eigenvalue weighted by Gasteiger charge is -2.41. The predicted octanol–water partition coefficient (Wildman–Crippen LogP) is 3.74. The first-order valence-corrected chi connectivity index (χ1v) is 7.35. The fourth-order valence-corrected chi connectivity index (χ4v) is 3.02. The summed E-state index contributed by atoms with van der Waals surface area (Å²) in [7, 11) is 0. The SMILES string of the molecule is Clc1cccc(OC2CCN(C3CCC3)CC2)c1. The highest BCUT2D eigenvalue weighted by Gasteiger charge is 2.29. The number of hydrogen-bond donors (Lipinski definition) is 0. The van der Waals surface area contributed by atoms with Crippen molar-refractivity contribution in [3.63, 3.8) is 0 Å². The van der Waals surface area contributed by atoms with E-state index in [0.717, 1.165) is 29.7 Å². The summed E-state index contributed by atoms with van der Waals surface area (Å²) in [6.07, 6.45) is 6.87. The van der Waals surface area contributed by atoms with Gasteiger partial charge in [0.25, 0.3) is 0 Å². The number of rotatable bonds is 3. The Morgan fingerprint density at radius 1 is 1.11 bits per heavy atom. The number of halogens is 1. The Morgan fingerprint density at radius 2 is 1.89 bits per heavy atom. The molecule has 3 heteroatoms. The van der Waals surface area contributed by atoms with Crippen molar-refractivity contribution in [3.8, 4) is 5.75 Å². The summed E-state index contributed by atoms with van der Waals surface area (Å²) in [4.78, 5) is 2.64. The third kappa shape index (κ3) is 2.81. The fourth-order valence-electron chi connectivity index (χ4n) is 2.84. The highest BCUT2D eigenvalue weighted by Crippen LogP contribution is 2.28. The maximum atomic E-state index is 6.00. The van der Waals surface area contributed by atoms with Crippen LogP contribution in [0.15, 0.2) is 24.3 Å². The molecule has 3 rings (SSSR count). The van der Waals surface area contributed by atoms with Crippen molar-refractivity contribution < 1.29 is 4.74 Å². The number of ether oxygens (including phenoxy) is 1. The smallest absolute Gasteiger partial charge is 0.121 e. The van der Waals surface area contributed by atoms with Gasteiger partial charge in [-0.1, -0.05) is 24.1 Å². The van der Waals surface area contributed by atoms with Crippen LogP contribution in [0.2, 0.25) is 5.02 Å². The lowest BCUT2D eigenvalue weighted by Crippen LogP contribution is -2.46. The second kappa shape index (κ2) is 5.50. The summed E-state index contributed by atoms with van der Waals surface area (Å²) in [5.41, 5.74) is 0.